The third kappa shape index (κ3) is 24.1. The lowest BCUT2D eigenvalue weighted by atomic mass is 9.94. The highest BCUT2D eigenvalue weighted by Gasteiger charge is 2.16. The molecule has 0 bridgehead atoms. The predicted molar refractivity (Wildman–Crippen MR) is 143 cm³/mol. The van der Waals surface area contributed by atoms with Crippen LogP contribution in [0.1, 0.15) is 181 Å². The Bertz CT molecular complexity index is 338. The molecule has 0 radical (unpaired) electrons. The number of carbonyl (C=O) groups is 1. The van der Waals surface area contributed by atoms with Crippen LogP contribution in [0.3, 0.4) is 0 Å². The van der Waals surface area contributed by atoms with Gasteiger partial charge in [0.15, 0.2) is 0 Å². The molecular weight excluding hydrogens is 392 g/mol. The standard InChI is InChI=1S/C30H60O2/c1-3-5-7-9-11-13-15-17-19-21-23-25-27-29(30(31)32)28-26-24-22-20-18-16-14-12-10-8-6-4-2/h29H,3-28H2,1-2H3,(H,31,32). The van der Waals surface area contributed by atoms with E-state index in [2.05, 4.69) is 13.8 Å². The lowest BCUT2D eigenvalue weighted by molar-refractivity contribution is -0.142. The lowest BCUT2D eigenvalue weighted by Crippen LogP contribution is -2.13. The second-order valence-electron chi connectivity index (χ2n) is 10.4. The fraction of sp³-hybridized carbons (Fsp3) is 0.967. The van der Waals surface area contributed by atoms with Gasteiger partial charge < -0.3 is 5.11 Å². The second kappa shape index (κ2) is 26.7. The van der Waals surface area contributed by atoms with Crippen molar-refractivity contribution in [3.8, 4) is 0 Å². The highest BCUT2D eigenvalue weighted by molar-refractivity contribution is 5.69. The molecule has 0 unspecified atom stereocenters. The van der Waals surface area contributed by atoms with E-state index >= 15 is 0 Å². The summed E-state index contributed by atoms with van der Waals surface area (Å²) >= 11 is 0. The van der Waals surface area contributed by atoms with Gasteiger partial charge in [0.1, 0.15) is 0 Å². The molecule has 0 amide bonds. The van der Waals surface area contributed by atoms with Gasteiger partial charge in [0.05, 0.1) is 5.92 Å². The average Bonchev–Trinajstić information content (AvgIpc) is 2.78. The van der Waals surface area contributed by atoms with Gasteiger partial charge in [0.25, 0.3) is 0 Å². The Morgan fingerprint density at radius 1 is 0.438 bits per heavy atom. The summed E-state index contributed by atoms with van der Waals surface area (Å²) in [5, 5.41) is 9.53. The van der Waals surface area contributed by atoms with Crippen LogP contribution in [0, 0.1) is 5.92 Å². The molecule has 2 heteroatoms. The molecule has 0 aromatic heterocycles. The van der Waals surface area contributed by atoms with Gasteiger partial charge in [0.2, 0.25) is 0 Å². The highest BCUT2D eigenvalue weighted by Crippen LogP contribution is 2.20. The van der Waals surface area contributed by atoms with E-state index in [1.54, 1.807) is 0 Å². The van der Waals surface area contributed by atoms with E-state index < -0.39 is 5.97 Å². The molecule has 1 N–H and O–H groups in total. The van der Waals surface area contributed by atoms with Crippen molar-refractivity contribution in [2.75, 3.05) is 0 Å². The maximum atomic E-state index is 11.6. The molecule has 0 saturated heterocycles. The molecule has 0 aromatic rings. The van der Waals surface area contributed by atoms with Gasteiger partial charge in [-0.1, -0.05) is 168 Å². The molecule has 0 saturated carbocycles. The van der Waals surface area contributed by atoms with Crippen LogP contribution in [-0.4, -0.2) is 11.1 Å². The average molecular weight is 453 g/mol. The summed E-state index contributed by atoms with van der Waals surface area (Å²) in [6.07, 6.45) is 34.0. The van der Waals surface area contributed by atoms with Gasteiger partial charge in [-0.15, -0.1) is 0 Å². The van der Waals surface area contributed by atoms with E-state index in [0.29, 0.717) is 0 Å². The maximum Gasteiger partial charge on any atom is 0.306 e. The van der Waals surface area contributed by atoms with E-state index in [9.17, 15) is 9.90 Å². The molecule has 0 fully saturated rings. The first-order valence-corrected chi connectivity index (χ1v) is 14.9. The SMILES string of the molecule is CCCCCCCCCCCCCCC(CCCCCCCCCCCCCC)C(=O)O. The Morgan fingerprint density at radius 2 is 0.656 bits per heavy atom. The Labute approximate surface area is 202 Å². The van der Waals surface area contributed by atoms with Crippen molar-refractivity contribution in [2.45, 2.75) is 181 Å². The minimum Gasteiger partial charge on any atom is -0.481 e. The highest BCUT2D eigenvalue weighted by atomic mass is 16.4. The van der Waals surface area contributed by atoms with Crippen LogP contribution in [0.5, 0.6) is 0 Å². The maximum absolute atomic E-state index is 11.6. The van der Waals surface area contributed by atoms with Gasteiger partial charge in [-0.3, -0.25) is 4.79 Å². The molecule has 0 aliphatic rings. The van der Waals surface area contributed by atoms with Crippen molar-refractivity contribution >= 4 is 5.97 Å². The lowest BCUT2D eigenvalue weighted by Gasteiger charge is -2.12. The molecule has 0 spiro atoms. The largest absolute Gasteiger partial charge is 0.481 e. The molecule has 2 nitrogen and oxygen atoms in total. The van der Waals surface area contributed by atoms with E-state index in [4.69, 9.17) is 0 Å². The van der Waals surface area contributed by atoms with Crippen LogP contribution < -0.4 is 0 Å². The summed E-state index contributed by atoms with van der Waals surface area (Å²) in [5.74, 6) is -0.655. The third-order valence-corrected chi connectivity index (χ3v) is 7.16. The molecular formula is C30H60O2. The number of hydrogen-bond donors (Lipinski definition) is 1. The van der Waals surface area contributed by atoms with Gasteiger partial charge in [-0.2, -0.15) is 0 Å². The minimum absolute atomic E-state index is 0.0961. The van der Waals surface area contributed by atoms with Crippen LogP contribution in [0.2, 0.25) is 0 Å². The quantitative estimate of drug-likeness (QED) is 0.126. The number of rotatable bonds is 27. The van der Waals surface area contributed by atoms with Crippen LogP contribution in [0.4, 0.5) is 0 Å². The molecule has 0 atom stereocenters. The Hall–Kier alpha value is -0.530. The molecule has 0 rings (SSSR count). The summed E-state index contributed by atoms with van der Waals surface area (Å²) in [5.41, 5.74) is 0. The van der Waals surface area contributed by atoms with E-state index in [1.165, 1.54) is 141 Å². The van der Waals surface area contributed by atoms with Crippen LogP contribution >= 0.6 is 0 Å². The fourth-order valence-corrected chi connectivity index (χ4v) is 4.85. The van der Waals surface area contributed by atoms with Gasteiger partial charge in [0, 0.05) is 0 Å². The van der Waals surface area contributed by atoms with Crippen molar-refractivity contribution in [3.05, 3.63) is 0 Å². The van der Waals surface area contributed by atoms with Crippen LogP contribution in [0.25, 0.3) is 0 Å². The Balaban J connectivity index is 3.42. The number of hydrogen-bond acceptors (Lipinski definition) is 1. The number of carboxylic acids is 1. The summed E-state index contributed by atoms with van der Waals surface area (Å²) < 4.78 is 0. The molecule has 0 heterocycles. The zero-order chi connectivity index (χ0) is 23.5. The molecule has 32 heavy (non-hydrogen) atoms. The van der Waals surface area contributed by atoms with E-state index in [-0.39, 0.29) is 5.92 Å². The first kappa shape index (κ1) is 31.5. The Morgan fingerprint density at radius 3 is 0.875 bits per heavy atom. The number of unbranched alkanes of at least 4 members (excludes halogenated alkanes) is 22. The van der Waals surface area contributed by atoms with Crippen molar-refractivity contribution in [3.63, 3.8) is 0 Å². The zero-order valence-corrected chi connectivity index (χ0v) is 22.3. The van der Waals surface area contributed by atoms with Crippen molar-refractivity contribution in [1.82, 2.24) is 0 Å². The normalized spacial score (nSPS) is 11.5. The smallest absolute Gasteiger partial charge is 0.306 e. The number of aliphatic carboxylic acids is 1. The van der Waals surface area contributed by atoms with Crippen molar-refractivity contribution in [1.29, 1.82) is 0 Å². The minimum atomic E-state index is -0.559. The molecule has 0 aliphatic carbocycles. The number of carboxylic acid groups (broad SMARTS) is 1. The monoisotopic (exact) mass is 452 g/mol. The van der Waals surface area contributed by atoms with Gasteiger partial charge >= 0.3 is 5.97 Å². The van der Waals surface area contributed by atoms with Crippen LogP contribution in [-0.2, 0) is 4.79 Å². The fourth-order valence-electron chi connectivity index (χ4n) is 4.85. The van der Waals surface area contributed by atoms with E-state index in [1.807, 2.05) is 0 Å². The molecule has 192 valence electrons. The van der Waals surface area contributed by atoms with E-state index in [0.717, 1.165) is 25.7 Å². The van der Waals surface area contributed by atoms with Gasteiger partial charge in [-0.25, -0.2) is 0 Å². The first-order chi connectivity index (χ1) is 15.7. The second-order valence-corrected chi connectivity index (χ2v) is 10.4. The van der Waals surface area contributed by atoms with Gasteiger partial charge in [-0.05, 0) is 12.8 Å². The molecule has 0 aromatic carbocycles. The summed E-state index contributed by atoms with van der Waals surface area (Å²) in [6, 6.07) is 0. The summed E-state index contributed by atoms with van der Waals surface area (Å²) in [7, 11) is 0. The summed E-state index contributed by atoms with van der Waals surface area (Å²) in [6.45, 7) is 4.55. The van der Waals surface area contributed by atoms with Crippen molar-refractivity contribution < 1.29 is 9.90 Å². The third-order valence-electron chi connectivity index (χ3n) is 7.16. The topological polar surface area (TPSA) is 37.3 Å². The van der Waals surface area contributed by atoms with Crippen molar-refractivity contribution in [2.24, 2.45) is 5.92 Å². The molecule has 0 aliphatic heterocycles. The zero-order valence-electron chi connectivity index (χ0n) is 22.3. The predicted octanol–water partition coefficient (Wildman–Crippen LogP) is 10.9. The first-order valence-electron chi connectivity index (χ1n) is 14.9. The van der Waals surface area contributed by atoms with Crippen LogP contribution in [0.15, 0.2) is 0 Å². The Kier molecular flexibility index (Phi) is 26.3. The summed E-state index contributed by atoms with van der Waals surface area (Å²) in [4.78, 5) is 11.6.